The van der Waals surface area contributed by atoms with E-state index in [1.807, 2.05) is 24.3 Å². The highest BCUT2D eigenvalue weighted by atomic mass is 16.1. The van der Waals surface area contributed by atoms with Crippen molar-refractivity contribution < 1.29 is 4.90 Å². The van der Waals surface area contributed by atoms with E-state index in [4.69, 9.17) is 0 Å². The first-order chi connectivity index (χ1) is 12.1. The summed E-state index contributed by atoms with van der Waals surface area (Å²) in [6.07, 6.45) is 3.52. The topological polar surface area (TPSA) is 56.6 Å². The number of nitrogens with one attached hydrogen (secondary N) is 1. The minimum atomic E-state index is 0.0382. The fourth-order valence-electron chi connectivity index (χ4n) is 3.79. The first kappa shape index (κ1) is 16.3. The summed E-state index contributed by atoms with van der Waals surface area (Å²) in [5, 5.41) is 9.63. The van der Waals surface area contributed by atoms with Gasteiger partial charge in [-0.1, -0.05) is 26.0 Å². The van der Waals surface area contributed by atoms with Crippen LogP contribution in [-0.2, 0) is 13.1 Å². The summed E-state index contributed by atoms with van der Waals surface area (Å²) in [6.45, 7) is 8.29. The Kier molecular flexibility index (Phi) is 4.29. The molecule has 132 valence electrons. The first-order valence-electron chi connectivity index (χ1n) is 9.34. The van der Waals surface area contributed by atoms with Gasteiger partial charge in [-0.2, -0.15) is 0 Å². The van der Waals surface area contributed by atoms with E-state index in [1.165, 1.54) is 25.9 Å². The predicted octanol–water partition coefficient (Wildman–Crippen LogP) is 1.27. The van der Waals surface area contributed by atoms with Crippen molar-refractivity contribution in [3.63, 3.8) is 0 Å². The standard InChI is InChI=1S/C19H25N5O/c1-14(2)9-12-23-18(25)15-7-3-4-8-16(15)24-17(20-21-19(23)24)13-22-10-5-6-11-22/h3-4,7-8,14H,5-6,9-13H2,1-2H3/p+1. The van der Waals surface area contributed by atoms with Crippen LogP contribution in [0, 0.1) is 5.92 Å². The lowest BCUT2D eigenvalue weighted by molar-refractivity contribution is -0.902. The molecule has 0 bridgehead atoms. The molecule has 1 saturated heterocycles. The third-order valence-electron chi connectivity index (χ3n) is 5.22. The highest BCUT2D eigenvalue weighted by Gasteiger charge is 2.22. The smallest absolute Gasteiger partial charge is 0.262 e. The maximum absolute atomic E-state index is 13.0. The summed E-state index contributed by atoms with van der Waals surface area (Å²) in [5.74, 6) is 2.18. The summed E-state index contributed by atoms with van der Waals surface area (Å²) in [4.78, 5) is 14.5. The van der Waals surface area contributed by atoms with E-state index in [9.17, 15) is 4.79 Å². The SMILES string of the molecule is CC(C)CCn1c(=O)c2ccccc2n2c(C[NH+]3CCCC3)nnc12. The molecule has 0 atom stereocenters. The van der Waals surface area contributed by atoms with E-state index < -0.39 is 0 Å². The average molecular weight is 340 g/mol. The second kappa shape index (κ2) is 6.59. The van der Waals surface area contributed by atoms with Crippen LogP contribution in [0.25, 0.3) is 16.7 Å². The van der Waals surface area contributed by atoms with Gasteiger partial charge in [-0.25, -0.2) is 0 Å². The predicted molar refractivity (Wildman–Crippen MR) is 97.8 cm³/mol. The second-order valence-corrected chi connectivity index (χ2v) is 7.54. The van der Waals surface area contributed by atoms with Gasteiger partial charge in [-0.15, -0.1) is 10.2 Å². The van der Waals surface area contributed by atoms with E-state index in [0.717, 1.165) is 29.7 Å². The number of fused-ring (bicyclic) bond motifs is 3. The van der Waals surface area contributed by atoms with Gasteiger partial charge in [-0.05, 0) is 24.5 Å². The molecule has 0 spiro atoms. The molecule has 6 nitrogen and oxygen atoms in total. The molecule has 0 saturated carbocycles. The molecule has 0 unspecified atom stereocenters. The molecule has 1 fully saturated rings. The Morgan fingerprint density at radius 1 is 1.16 bits per heavy atom. The number of benzene rings is 1. The molecule has 3 heterocycles. The van der Waals surface area contributed by atoms with E-state index >= 15 is 0 Å². The minimum absolute atomic E-state index is 0.0382. The Morgan fingerprint density at radius 2 is 1.92 bits per heavy atom. The van der Waals surface area contributed by atoms with Crippen molar-refractivity contribution in [2.24, 2.45) is 5.92 Å². The molecule has 0 amide bonds. The Morgan fingerprint density at radius 3 is 2.68 bits per heavy atom. The van der Waals surface area contributed by atoms with Gasteiger partial charge in [-0.3, -0.25) is 13.8 Å². The number of nitrogens with zero attached hydrogens (tertiary/aromatic N) is 4. The van der Waals surface area contributed by atoms with E-state index in [-0.39, 0.29) is 5.56 Å². The van der Waals surface area contributed by atoms with Gasteiger partial charge in [0.25, 0.3) is 5.56 Å². The monoisotopic (exact) mass is 340 g/mol. The highest BCUT2D eigenvalue weighted by Crippen LogP contribution is 2.15. The zero-order chi connectivity index (χ0) is 17.4. The van der Waals surface area contributed by atoms with E-state index in [2.05, 4.69) is 28.4 Å². The van der Waals surface area contributed by atoms with Crippen molar-refractivity contribution in [1.82, 2.24) is 19.2 Å². The van der Waals surface area contributed by atoms with Crippen LogP contribution in [0.1, 0.15) is 38.9 Å². The second-order valence-electron chi connectivity index (χ2n) is 7.54. The van der Waals surface area contributed by atoms with Gasteiger partial charge >= 0.3 is 0 Å². The molecule has 0 radical (unpaired) electrons. The molecule has 6 heteroatoms. The normalized spacial score (nSPS) is 15.8. The van der Waals surface area contributed by atoms with Crippen molar-refractivity contribution in [3.8, 4) is 0 Å². The Balaban J connectivity index is 1.90. The highest BCUT2D eigenvalue weighted by molar-refractivity contribution is 5.80. The van der Waals surface area contributed by atoms with Crippen LogP contribution in [0.4, 0.5) is 0 Å². The quantitative estimate of drug-likeness (QED) is 0.761. The summed E-state index contributed by atoms with van der Waals surface area (Å²) in [6, 6.07) is 7.82. The maximum atomic E-state index is 13.0. The number of aryl methyl sites for hydroxylation is 1. The zero-order valence-electron chi connectivity index (χ0n) is 15.0. The van der Waals surface area contributed by atoms with Crippen molar-refractivity contribution in [1.29, 1.82) is 0 Å². The molecule has 1 aromatic carbocycles. The fraction of sp³-hybridized carbons (Fsp3) is 0.526. The van der Waals surface area contributed by atoms with Crippen LogP contribution in [0.3, 0.4) is 0 Å². The molecular formula is C19H26N5O+. The fourth-order valence-corrected chi connectivity index (χ4v) is 3.79. The molecule has 3 aromatic rings. The molecule has 4 rings (SSSR count). The van der Waals surface area contributed by atoms with Crippen molar-refractivity contribution >= 4 is 16.7 Å². The zero-order valence-corrected chi connectivity index (χ0v) is 15.0. The third-order valence-corrected chi connectivity index (χ3v) is 5.22. The summed E-state index contributed by atoms with van der Waals surface area (Å²) < 4.78 is 3.90. The van der Waals surface area contributed by atoms with Crippen LogP contribution in [-0.4, -0.2) is 32.3 Å². The van der Waals surface area contributed by atoms with Crippen LogP contribution < -0.4 is 10.5 Å². The number of para-hydroxylation sites is 1. The third kappa shape index (κ3) is 2.95. The number of rotatable bonds is 5. The summed E-state index contributed by atoms with van der Waals surface area (Å²) in [5.41, 5.74) is 0.957. The van der Waals surface area contributed by atoms with Gasteiger partial charge in [0.1, 0.15) is 6.54 Å². The molecule has 2 aromatic heterocycles. The molecule has 1 aliphatic heterocycles. The van der Waals surface area contributed by atoms with Gasteiger partial charge in [0.15, 0.2) is 5.82 Å². The number of aromatic nitrogens is 4. The van der Waals surface area contributed by atoms with Crippen LogP contribution in [0.5, 0.6) is 0 Å². The number of likely N-dealkylation sites (tertiary alicyclic amines) is 1. The maximum Gasteiger partial charge on any atom is 0.262 e. The van der Waals surface area contributed by atoms with E-state index in [1.54, 1.807) is 9.47 Å². The Bertz CT molecular complexity index is 949. The Hall–Kier alpha value is -2.21. The number of hydrogen-bond acceptors (Lipinski definition) is 3. The first-order valence-corrected chi connectivity index (χ1v) is 9.34. The lowest BCUT2D eigenvalue weighted by atomic mass is 10.1. The van der Waals surface area contributed by atoms with Gasteiger partial charge in [0.05, 0.1) is 24.0 Å². The van der Waals surface area contributed by atoms with E-state index in [0.29, 0.717) is 18.2 Å². The molecule has 1 aliphatic rings. The van der Waals surface area contributed by atoms with Crippen LogP contribution >= 0.6 is 0 Å². The minimum Gasteiger partial charge on any atom is -0.329 e. The summed E-state index contributed by atoms with van der Waals surface area (Å²) in [7, 11) is 0. The van der Waals surface area contributed by atoms with Gasteiger partial charge in [0, 0.05) is 19.4 Å². The lowest BCUT2D eigenvalue weighted by Crippen LogP contribution is -3.08. The van der Waals surface area contributed by atoms with Gasteiger partial charge < -0.3 is 4.90 Å². The molecule has 25 heavy (non-hydrogen) atoms. The molecule has 1 N–H and O–H groups in total. The lowest BCUT2D eigenvalue weighted by Gasteiger charge is -2.14. The van der Waals surface area contributed by atoms with Crippen LogP contribution in [0.15, 0.2) is 29.1 Å². The largest absolute Gasteiger partial charge is 0.329 e. The summed E-state index contributed by atoms with van der Waals surface area (Å²) >= 11 is 0. The molecular weight excluding hydrogens is 314 g/mol. The van der Waals surface area contributed by atoms with Crippen molar-refractivity contribution in [2.75, 3.05) is 13.1 Å². The Labute approximate surface area is 147 Å². The van der Waals surface area contributed by atoms with Crippen molar-refractivity contribution in [2.45, 2.75) is 46.2 Å². The number of quaternary nitrogens is 1. The average Bonchev–Trinajstić information content (AvgIpc) is 3.25. The number of hydrogen-bond donors (Lipinski definition) is 1. The van der Waals surface area contributed by atoms with Crippen molar-refractivity contribution in [3.05, 3.63) is 40.4 Å². The van der Waals surface area contributed by atoms with Crippen LogP contribution in [0.2, 0.25) is 0 Å². The molecule has 0 aliphatic carbocycles. The van der Waals surface area contributed by atoms with Gasteiger partial charge in [0.2, 0.25) is 5.78 Å².